The predicted molar refractivity (Wildman–Crippen MR) is 75.9 cm³/mol. The number of sulfonamides is 1. The van der Waals surface area contributed by atoms with E-state index in [9.17, 15) is 8.42 Å². The van der Waals surface area contributed by atoms with Crippen LogP contribution in [-0.4, -0.2) is 13.6 Å². The van der Waals surface area contributed by atoms with Gasteiger partial charge in [0.15, 0.2) is 0 Å². The summed E-state index contributed by atoms with van der Waals surface area (Å²) in [5.74, 6) is 0.573. The zero-order chi connectivity index (χ0) is 14.9. The molecule has 108 valence electrons. The summed E-state index contributed by atoms with van der Waals surface area (Å²) in [7, 11) is -3.75. The third kappa shape index (κ3) is 2.95. The molecule has 0 bridgehead atoms. The molecule has 8 heteroatoms. The molecule has 0 aliphatic carbocycles. The molecular formula is C12H14ClN3O3S. The molecule has 0 saturated carbocycles. The molecule has 2 rings (SSSR count). The van der Waals surface area contributed by atoms with Crippen molar-refractivity contribution in [2.75, 3.05) is 5.73 Å². The highest BCUT2D eigenvalue weighted by atomic mass is 35.5. The van der Waals surface area contributed by atoms with Crippen LogP contribution in [0.15, 0.2) is 27.6 Å². The van der Waals surface area contributed by atoms with Crippen molar-refractivity contribution in [2.45, 2.75) is 25.3 Å². The van der Waals surface area contributed by atoms with E-state index in [0.29, 0.717) is 22.7 Å². The highest BCUT2D eigenvalue weighted by Crippen LogP contribution is 2.24. The van der Waals surface area contributed by atoms with Crippen molar-refractivity contribution in [1.29, 1.82) is 0 Å². The summed E-state index contributed by atoms with van der Waals surface area (Å²) in [5, 5.41) is 3.88. The lowest BCUT2D eigenvalue weighted by molar-refractivity contribution is 0.392. The van der Waals surface area contributed by atoms with Gasteiger partial charge in [0.2, 0.25) is 10.0 Å². The van der Waals surface area contributed by atoms with Crippen LogP contribution in [0, 0.1) is 13.8 Å². The lowest BCUT2D eigenvalue weighted by Gasteiger charge is -2.09. The van der Waals surface area contributed by atoms with Gasteiger partial charge in [-0.05, 0) is 32.0 Å². The van der Waals surface area contributed by atoms with E-state index in [2.05, 4.69) is 9.88 Å². The Morgan fingerprint density at radius 2 is 2.10 bits per heavy atom. The van der Waals surface area contributed by atoms with Gasteiger partial charge in [-0.1, -0.05) is 16.8 Å². The van der Waals surface area contributed by atoms with Crippen LogP contribution in [0.3, 0.4) is 0 Å². The van der Waals surface area contributed by atoms with Crippen LogP contribution < -0.4 is 10.5 Å². The SMILES string of the molecule is Cc1noc(C)c1CNS(=O)(=O)c1cc(N)ccc1Cl. The first-order valence-electron chi connectivity index (χ1n) is 5.77. The maximum atomic E-state index is 12.2. The van der Waals surface area contributed by atoms with Gasteiger partial charge in [0.25, 0.3) is 0 Å². The van der Waals surface area contributed by atoms with Gasteiger partial charge < -0.3 is 10.3 Å². The van der Waals surface area contributed by atoms with Gasteiger partial charge >= 0.3 is 0 Å². The van der Waals surface area contributed by atoms with Gasteiger partial charge in [-0.25, -0.2) is 13.1 Å². The van der Waals surface area contributed by atoms with E-state index in [4.69, 9.17) is 21.9 Å². The molecule has 0 unspecified atom stereocenters. The van der Waals surface area contributed by atoms with Gasteiger partial charge in [-0.3, -0.25) is 0 Å². The van der Waals surface area contributed by atoms with Gasteiger partial charge in [0, 0.05) is 17.8 Å². The van der Waals surface area contributed by atoms with Crippen LogP contribution in [0.1, 0.15) is 17.0 Å². The number of rotatable bonds is 4. The standard InChI is InChI=1S/C12H14ClN3O3S/c1-7-10(8(2)19-16-7)6-15-20(17,18)12-5-9(14)3-4-11(12)13/h3-5,15H,6,14H2,1-2H3. The normalized spacial score (nSPS) is 11.8. The van der Waals surface area contributed by atoms with Crippen molar-refractivity contribution in [3.8, 4) is 0 Å². The Balaban J connectivity index is 2.26. The van der Waals surface area contributed by atoms with Gasteiger partial charge in [-0.15, -0.1) is 0 Å². The molecule has 1 aromatic carbocycles. The van der Waals surface area contributed by atoms with Crippen LogP contribution in [0.2, 0.25) is 5.02 Å². The quantitative estimate of drug-likeness (QED) is 0.841. The fraction of sp³-hybridized carbons (Fsp3) is 0.250. The number of nitrogen functional groups attached to an aromatic ring is 1. The van der Waals surface area contributed by atoms with Crippen LogP contribution in [0.4, 0.5) is 5.69 Å². The first-order chi connectivity index (χ1) is 9.31. The van der Waals surface area contributed by atoms with Crippen LogP contribution in [0.5, 0.6) is 0 Å². The lowest BCUT2D eigenvalue weighted by Crippen LogP contribution is -2.24. The summed E-state index contributed by atoms with van der Waals surface area (Å²) in [5.41, 5.74) is 7.26. The van der Waals surface area contributed by atoms with Crippen molar-refractivity contribution in [3.63, 3.8) is 0 Å². The van der Waals surface area contributed by atoms with E-state index in [-0.39, 0.29) is 16.5 Å². The largest absolute Gasteiger partial charge is 0.399 e. The molecule has 2 aromatic rings. The highest BCUT2D eigenvalue weighted by molar-refractivity contribution is 7.89. The Morgan fingerprint density at radius 1 is 1.40 bits per heavy atom. The van der Waals surface area contributed by atoms with E-state index >= 15 is 0 Å². The fourth-order valence-corrected chi connectivity index (χ4v) is 3.25. The van der Waals surface area contributed by atoms with Gasteiger partial charge in [-0.2, -0.15) is 0 Å². The second-order valence-electron chi connectivity index (χ2n) is 4.32. The summed E-state index contributed by atoms with van der Waals surface area (Å²) >= 11 is 5.90. The molecule has 20 heavy (non-hydrogen) atoms. The summed E-state index contributed by atoms with van der Waals surface area (Å²) in [6.45, 7) is 3.54. The zero-order valence-electron chi connectivity index (χ0n) is 11.0. The number of halogens is 1. The molecule has 0 aliphatic heterocycles. The number of hydrogen-bond donors (Lipinski definition) is 2. The first kappa shape index (κ1) is 14.8. The summed E-state index contributed by atoms with van der Waals surface area (Å²) in [4.78, 5) is -0.0501. The smallest absolute Gasteiger partial charge is 0.242 e. The van der Waals surface area contributed by atoms with E-state index < -0.39 is 10.0 Å². The third-order valence-electron chi connectivity index (χ3n) is 2.86. The Labute approximate surface area is 122 Å². The number of hydrogen-bond acceptors (Lipinski definition) is 5. The number of benzene rings is 1. The maximum Gasteiger partial charge on any atom is 0.242 e. The predicted octanol–water partition coefficient (Wildman–Crippen LogP) is 2.01. The molecule has 0 fully saturated rings. The Morgan fingerprint density at radius 3 is 2.70 bits per heavy atom. The van der Waals surface area contributed by atoms with Crippen molar-refractivity contribution >= 4 is 27.3 Å². The minimum Gasteiger partial charge on any atom is -0.399 e. The molecule has 0 radical (unpaired) electrons. The number of aromatic nitrogens is 1. The monoisotopic (exact) mass is 315 g/mol. The van der Waals surface area contributed by atoms with Crippen LogP contribution in [-0.2, 0) is 16.6 Å². The van der Waals surface area contributed by atoms with Crippen molar-refractivity contribution in [1.82, 2.24) is 9.88 Å². The molecule has 1 aromatic heterocycles. The van der Waals surface area contributed by atoms with Gasteiger partial charge in [0.05, 0.1) is 10.7 Å². The lowest BCUT2D eigenvalue weighted by atomic mass is 10.2. The number of aryl methyl sites for hydroxylation is 2. The van der Waals surface area contributed by atoms with Crippen LogP contribution in [0.25, 0.3) is 0 Å². The minimum atomic E-state index is -3.75. The second-order valence-corrected chi connectivity index (χ2v) is 6.46. The Kier molecular flexibility index (Phi) is 4.03. The van der Waals surface area contributed by atoms with Crippen molar-refractivity contribution in [3.05, 3.63) is 40.2 Å². The average Bonchev–Trinajstić information content (AvgIpc) is 2.69. The number of nitrogens with zero attached hydrogens (tertiary/aromatic N) is 1. The highest BCUT2D eigenvalue weighted by Gasteiger charge is 2.19. The van der Waals surface area contributed by atoms with Crippen LogP contribution >= 0.6 is 11.6 Å². The van der Waals surface area contributed by atoms with Crippen molar-refractivity contribution < 1.29 is 12.9 Å². The van der Waals surface area contributed by atoms with Gasteiger partial charge in [0.1, 0.15) is 10.7 Å². The third-order valence-corrected chi connectivity index (χ3v) is 4.75. The first-order valence-corrected chi connectivity index (χ1v) is 7.64. The second kappa shape index (κ2) is 5.43. The number of nitrogens with one attached hydrogen (secondary N) is 1. The number of nitrogens with two attached hydrogens (primary N) is 1. The molecule has 0 spiro atoms. The fourth-order valence-electron chi connectivity index (χ4n) is 1.73. The number of anilines is 1. The molecule has 0 saturated heterocycles. The molecule has 0 amide bonds. The van der Waals surface area contributed by atoms with E-state index in [1.54, 1.807) is 13.8 Å². The molecule has 6 nitrogen and oxygen atoms in total. The Bertz CT molecular complexity index is 721. The molecule has 3 N–H and O–H groups in total. The Hall–Kier alpha value is -1.57. The summed E-state index contributed by atoms with van der Waals surface area (Å²) in [6.07, 6.45) is 0. The summed E-state index contributed by atoms with van der Waals surface area (Å²) in [6, 6.07) is 4.30. The van der Waals surface area contributed by atoms with E-state index in [0.717, 1.165) is 0 Å². The molecule has 0 atom stereocenters. The van der Waals surface area contributed by atoms with Crippen molar-refractivity contribution in [2.24, 2.45) is 0 Å². The molecule has 0 aliphatic rings. The maximum absolute atomic E-state index is 12.2. The van der Waals surface area contributed by atoms with E-state index in [1.165, 1.54) is 18.2 Å². The summed E-state index contributed by atoms with van der Waals surface area (Å²) < 4.78 is 31.9. The topological polar surface area (TPSA) is 98.2 Å². The average molecular weight is 316 g/mol. The van der Waals surface area contributed by atoms with E-state index in [1.807, 2.05) is 0 Å². The molecule has 1 heterocycles. The molecular weight excluding hydrogens is 302 g/mol. The minimum absolute atomic E-state index is 0.0501. The zero-order valence-corrected chi connectivity index (χ0v) is 12.5.